The maximum Gasteiger partial charge on any atom is 0.254 e. The Balaban J connectivity index is 2.29. The van der Waals surface area contributed by atoms with E-state index in [4.69, 9.17) is 4.74 Å². The summed E-state index contributed by atoms with van der Waals surface area (Å²) in [6.45, 7) is 0.798. The maximum atomic E-state index is 10.8. The minimum Gasteiger partial charge on any atom is -0.497 e. The van der Waals surface area contributed by atoms with Crippen LogP contribution < -0.4 is 4.74 Å². The molecule has 1 aromatic rings. The van der Waals surface area contributed by atoms with Crippen LogP contribution in [0.5, 0.6) is 5.75 Å². The summed E-state index contributed by atoms with van der Waals surface area (Å²) in [4.78, 5) is 17.0. The Kier molecular flexibility index (Phi) is 5.43. The molecule has 7 heteroatoms. The standard InChI is InChI=1S/C15H19N3O3S/c1-17-9-8-13(14(17)10-18(19)20)15(22-3)16-11-4-6-12(21-2)7-5-11/h4-7,10,13H,8-9H2,1-3H3/b14-10-,16-15?. The number of hydrogen-bond donors (Lipinski definition) is 0. The van der Waals surface area contributed by atoms with E-state index in [1.165, 1.54) is 11.8 Å². The Hall–Kier alpha value is -2.02. The van der Waals surface area contributed by atoms with Crippen LogP contribution in [0.25, 0.3) is 0 Å². The first-order chi connectivity index (χ1) is 10.5. The van der Waals surface area contributed by atoms with Gasteiger partial charge in [-0.05, 0) is 36.9 Å². The molecule has 1 aliphatic rings. The van der Waals surface area contributed by atoms with Gasteiger partial charge in [0.15, 0.2) is 0 Å². The first-order valence-electron chi connectivity index (χ1n) is 6.88. The number of hydrogen-bond acceptors (Lipinski definition) is 6. The number of methoxy groups -OCH3 is 1. The molecule has 0 aliphatic carbocycles. The third-order valence-electron chi connectivity index (χ3n) is 3.61. The average Bonchev–Trinajstić information content (AvgIpc) is 2.86. The molecule has 0 amide bonds. The predicted molar refractivity (Wildman–Crippen MR) is 89.4 cm³/mol. The second-order valence-corrected chi connectivity index (χ2v) is 5.78. The fourth-order valence-corrected chi connectivity index (χ4v) is 3.18. The summed E-state index contributed by atoms with van der Waals surface area (Å²) in [5.74, 6) is 0.756. The van der Waals surface area contributed by atoms with Gasteiger partial charge in [0.05, 0.1) is 34.4 Å². The number of likely N-dealkylation sites (tertiary alicyclic amines) is 1. The van der Waals surface area contributed by atoms with E-state index in [9.17, 15) is 10.1 Å². The van der Waals surface area contributed by atoms with Crippen LogP contribution in [-0.2, 0) is 0 Å². The van der Waals surface area contributed by atoms with Crippen molar-refractivity contribution < 1.29 is 9.66 Å². The van der Waals surface area contributed by atoms with Gasteiger partial charge in [-0.25, -0.2) is 4.99 Å². The lowest BCUT2D eigenvalue weighted by Crippen LogP contribution is -2.17. The molecule has 0 spiro atoms. The van der Waals surface area contributed by atoms with E-state index >= 15 is 0 Å². The third-order valence-corrected chi connectivity index (χ3v) is 4.40. The van der Waals surface area contributed by atoms with E-state index < -0.39 is 4.92 Å². The molecule has 118 valence electrons. The van der Waals surface area contributed by atoms with Gasteiger partial charge in [0.2, 0.25) is 0 Å². The molecule has 2 rings (SSSR count). The average molecular weight is 321 g/mol. The molecular formula is C15H19N3O3S. The fourth-order valence-electron chi connectivity index (χ4n) is 2.46. The zero-order chi connectivity index (χ0) is 16.1. The molecule has 1 aromatic carbocycles. The number of rotatable bonds is 4. The Bertz CT molecular complexity index is 599. The van der Waals surface area contributed by atoms with Gasteiger partial charge in [-0.1, -0.05) is 0 Å². The van der Waals surface area contributed by atoms with Crippen molar-refractivity contribution in [2.24, 2.45) is 10.9 Å². The van der Waals surface area contributed by atoms with Crippen LogP contribution in [0.3, 0.4) is 0 Å². The van der Waals surface area contributed by atoms with E-state index in [2.05, 4.69) is 4.99 Å². The summed E-state index contributed by atoms with van der Waals surface area (Å²) in [6.07, 6.45) is 3.88. The Labute approximate surface area is 134 Å². The van der Waals surface area contributed by atoms with Crippen LogP contribution in [0.15, 0.2) is 41.2 Å². The van der Waals surface area contributed by atoms with Gasteiger partial charge in [0, 0.05) is 13.6 Å². The minimum atomic E-state index is -0.393. The van der Waals surface area contributed by atoms with Gasteiger partial charge in [-0.15, -0.1) is 11.8 Å². The summed E-state index contributed by atoms with van der Waals surface area (Å²) in [6, 6.07) is 7.46. The molecule has 1 saturated heterocycles. The van der Waals surface area contributed by atoms with E-state index in [1.807, 2.05) is 42.5 Å². The zero-order valence-corrected chi connectivity index (χ0v) is 13.7. The molecule has 1 aliphatic heterocycles. The second-order valence-electron chi connectivity index (χ2n) is 4.95. The van der Waals surface area contributed by atoms with Crippen molar-refractivity contribution in [2.75, 3.05) is 27.0 Å². The lowest BCUT2D eigenvalue weighted by atomic mass is 10.1. The van der Waals surface area contributed by atoms with Crippen LogP contribution in [0.1, 0.15) is 6.42 Å². The first-order valence-corrected chi connectivity index (χ1v) is 8.10. The van der Waals surface area contributed by atoms with Crippen molar-refractivity contribution in [1.82, 2.24) is 4.90 Å². The van der Waals surface area contributed by atoms with Crippen LogP contribution in [0.4, 0.5) is 5.69 Å². The molecule has 0 aromatic heterocycles. The number of allylic oxidation sites excluding steroid dienone is 1. The van der Waals surface area contributed by atoms with Crippen molar-refractivity contribution in [2.45, 2.75) is 6.42 Å². The van der Waals surface area contributed by atoms with Crippen molar-refractivity contribution in [1.29, 1.82) is 0 Å². The monoisotopic (exact) mass is 321 g/mol. The van der Waals surface area contributed by atoms with E-state index in [1.54, 1.807) is 7.11 Å². The third kappa shape index (κ3) is 3.79. The van der Waals surface area contributed by atoms with Gasteiger partial charge >= 0.3 is 0 Å². The van der Waals surface area contributed by atoms with Crippen LogP contribution in [-0.4, -0.2) is 41.8 Å². The Morgan fingerprint density at radius 1 is 1.50 bits per heavy atom. The molecule has 1 atom stereocenters. The van der Waals surface area contributed by atoms with E-state index in [0.717, 1.165) is 35.6 Å². The number of aliphatic imine (C=N–C) groups is 1. The summed E-state index contributed by atoms with van der Waals surface area (Å²) in [5, 5.41) is 11.7. The lowest BCUT2D eigenvalue weighted by molar-refractivity contribution is -0.404. The van der Waals surface area contributed by atoms with Gasteiger partial charge in [-0.3, -0.25) is 10.1 Å². The van der Waals surface area contributed by atoms with Crippen molar-refractivity contribution in [3.05, 3.63) is 46.3 Å². The van der Waals surface area contributed by atoms with Crippen LogP contribution in [0.2, 0.25) is 0 Å². The molecule has 0 bridgehead atoms. The summed E-state index contributed by atoms with van der Waals surface area (Å²) in [5.41, 5.74) is 1.53. The largest absolute Gasteiger partial charge is 0.497 e. The number of ether oxygens (including phenoxy) is 1. The number of benzene rings is 1. The quantitative estimate of drug-likeness (QED) is 0.369. The SMILES string of the molecule is COc1ccc(N=C(SC)C2CCN(C)/C2=C\[N+](=O)[O-])cc1. The summed E-state index contributed by atoms with van der Waals surface area (Å²) >= 11 is 1.53. The molecule has 0 saturated carbocycles. The van der Waals surface area contributed by atoms with Crippen LogP contribution in [0, 0.1) is 16.0 Å². The van der Waals surface area contributed by atoms with E-state index in [0.29, 0.717) is 5.70 Å². The van der Waals surface area contributed by atoms with Gasteiger partial charge in [-0.2, -0.15) is 0 Å². The van der Waals surface area contributed by atoms with Crippen LogP contribution >= 0.6 is 11.8 Å². The Morgan fingerprint density at radius 3 is 2.73 bits per heavy atom. The van der Waals surface area contributed by atoms with Crippen molar-refractivity contribution in [3.63, 3.8) is 0 Å². The maximum absolute atomic E-state index is 10.8. The molecule has 6 nitrogen and oxygen atoms in total. The molecular weight excluding hydrogens is 302 g/mol. The zero-order valence-electron chi connectivity index (χ0n) is 12.9. The van der Waals surface area contributed by atoms with Gasteiger partial charge in [0.1, 0.15) is 5.75 Å². The lowest BCUT2D eigenvalue weighted by Gasteiger charge is -2.15. The highest BCUT2D eigenvalue weighted by Crippen LogP contribution is 2.33. The smallest absolute Gasteiger partial charge is 0.254 e. The van der Waals surface area contributed by atoms with Gasteiger partial charge < -0.3 is 9.64 Å². The van der Waals surface area contributed by atoms with Crippen molar-refractivity contribution in [3.8, 4) is 5.75 Å². The fraction of sp³-hybridized carbons (Fsp3) is 0.400. The minimum absolute atomic E-state index is 0.0208. The highest BCUT2D eigenvalue weighted by molar-refractivity contribution is 8.13. The highest BCUT2D eigenvalue weighted by atomic mass is 32.2. The predicted octanol–water partition coefficient (Wildman–Crippen LogP) is 3.16. The van der Waals surface area contributed by atoms with E-state index in [-0.39, 0.29) is 5.92 Å². The summed E-state index contributed by atoms with van der Waals surface area (Å²) in [7, 11) is 3.50. The Morgan fingerprint density at radius 2 is 2.18 bits per heavy atom. The topological polar surface area (TPSA) is 68.0 Å². The highest BCUT2D eigenvalue weighted by Gasteiger charge is 2.31. The molecule has 0 N–H and O–H groups in total. The number of nitrogens with zero attached hydrogens (tertiary/aromatic N) is 3. The molecule has 1 unspecified atom stereocenters. The van der Waals surface area contributed by atoms with Gasteiger partial charge in [0.25, 0.3) is 6.20 Å². The summed E-state index contributed by atoms with van der Waals surface area (Å²) < 4.78 is 5.13. The molecule has 0 radical (unpaired) electrons. The molecule has 1 fully saturated rings. The van der Waals surface area contributed by atoms with Crippen molar-refractivity contribution >= 4 is 22.5 Å². The first kappa shape index (κ1) is 16.4. The molecule has 22 heavy (non-hydrogen) atoms. The molecule has 1 heterocycles. The second kappa shape index (κ2) is 7.31. The normalized spacial score (nSPS) is 20.5. The number of thioether (sulfide) groups is 1. The number of nitro groups is 1.